The Morgan fingerprint density at radius 3 is 2.52 bits per heavy atom. The molecule has 1 aromatic carbocycles. The number of rotatable bonds is 5. The lowest BCUT2D eigenvalue weighted by atomic mass is 10.1. The topological polar surface area (TPSA) is 49.9 Å². The molecule has 0 N–H and O–H groups in total. The molecule has 1 saturated heterocycles. The van der Waals surface area contributed by atoms with Gasteiger partial charge in [-0.3, -0.25) is 4.90 Å². The van der Waals surface area contributed by atoms with Crippen LogP contribution < -0.4 is 4.74 Å². The van der Waals surface area contributed by atoms with Gasteiger partial charge in [-0.1, -0.05) is 11.6 Å². The fourth-order valence-corrected chi connectivity index (χ4v) is 5.86. The van der Waals surface area contributed by atoms with Crippen LogP contribution in [0, 0.1) is 5.82 Å². The maximum absolute atomic E-state index is 13.5. The summed E-state index contributed by atoms with van der Waals surface area (Å²) in [7, 11) is -1.95. The summed E-state index contributed by atoms with van der Waals surface area (Å²) in [5, 5.41) is 0. The van der Waals surface area contributed by atoms with Crippen molar-refractivity contribution in [3.8, 4) is 5.75 Å². The molecule has 0 saturated carbocycles. The SMILES string of the molecule is COc1ccc(F)cc1CN1CCN(S(=O)(=O)c2ccc(Cl)s2)CC1. The molecule has 0 atom stereocenters. The van der Waals surface area contributed by atoms with Crippen molar-refractivity contribution < 1.29 is 17.5 Å². The summed E-state index contributed by atoms with van der Waals surface area (Å²) >= 11 is 6.91. The van der Waals surface area contributed by atoms with Gasteiger partial charge in [-0.25, -0.2) is 12.8 Å². The van der Waals surface area contributed by atoms with Gasteiger partial charge in [-0.15, -0.1) is 11.3 Å². The van der Waals surface area contributed by atoms with Crippen molar-refractivity contribution >= 4 is 33.0 Å². The predicted molar refractivity (Wildman–Crippen MR) is 96.3 cm³/mol. The zero-order chi connectivity index (χ0) is 18.0. The van der Waals surface area contributed by atoms with E-state index in [1.165, 1.54) is 22.5 Å². The molecule has 9 heteroatoms. The molecule has 2 aromatic rings. The van der Waals surface area contributed by atoms with E-state index in [0.717, 1.165) is 16.9 Å². The standard InChI is InChI=1S/C16H18ClFN2O3S2/c1-23-14-3-2-13(18)10-12(14)11-19-6-8-20(9-7-19)25(21,22)16-5-4-15(17)24-16/h2-5,10H,6-9,11H2,1H3. The molecule has 1 aliphatic rings. The summed E-state index contributed by atoms with van der Waals surface area (Å²) < 4.78 is 46.1. The van der Waals surface area contributed by atoms with E-state index in [9.17, 15) is 12.8 Å². The number of sulfonamides is 1. The maximum atomic E-state index is 13.5. The Kier molecular flexibility index (Phi) is 5.65. The fraction of sp³-hybridized carbons (Fsp3) is 0.375. The number of nitrogens with zero attached hydrogens (tertiary/aromatic N) is 2. The average Bonchev–Trinajstić information content (AvgIpc) is 3.03. The molecule has 1 aromatic heterocycles. The van der Waals surface area contributed by atoms with E-state index in [1.54, 1.807) is 19.2 Å². The van der Waals surface area contributed by atoms with Gasteiger partial charge in [0.25, 0.3) is 10.0 Å². The largest absolute Gasteiger partial charge is 0.496 e. The lowest BCUT2D eigenvalue weighted by molar-refractivity contribution is 0.180. The van der Waals surface area contributed by atoms with Crippen molar-refractivity contribution in [1.82, 2.24) is 9.21 Å². The van der Waals surface area contributed by atoms with E-state index in [1.807, 2.05) is 0 Å². The Morgan fingerprint density at radius 2 is 1.92 bits per heavy atom. The second-order valence-corrected chi connectivity index (χ2v) is 9.57. The van der Waals surface area contributed by atoms with Crippen LogP contribution in [0.5, 0.6) is 5.75 Å². The van der Waals surface area contributed by atoms with Crippen molar-refractivity contribution in [3.05, 3.63) is 46.0 Å². The van der Waals surface area contributed by atoms with Gasteiger partial charge in [-0.05, 0) is 30.3 Å². The highest BCUT2D eigenvalue weighted by molar-refractivity contribution is 7.91. The summed E-state index contributed by atoms with van der Waals surface area (Å²) in [6.07, 6.45) is 0. The third kappa shape index (κ3) is 4.15. The quantitative estimate of drug-likeness (QED) is 0.768. The lowest BCUT2D eigenvalue weighted by Gasteiger charge is -2.33. The number of ether oxygens (including phenoxy) is 1. The number of hydrogen-bond donors (Lipinski definition) is 0. The first kappa shape index (κ1) is 18.6. The van der Waals surface area contributed by atoms with Crippen LogP contribution in [-0.2, 0) is 16.6 Å². The van der Waals surface area contributed by atoms with Gasteiger partial charge in [0.1, 0.15) is 15.8 Å². The van der Waals surface area contributed by atoms with E-state index >= 15 is 0 Å². The highest BCUT2D eigenvalue weighted by Crippen LogP contribution is 2.29. The fourth-order valence-electron chi connectivity index (χ4n) is 2.80. The monoisotopic (exact) mass is 404 g/mol. The second-order valence-electron chi connectivity index (χ2n) is 5.69. The van der Waals surface area contributed by atoms with Crippen LogP contribution in [0.2, 0.25) is 4.34 Å². The van der Waals surface area contributed by atoms with Crippen LogP contribution in [0.1, 0.15) is 5.56 Å². The first-order chi connectivity index (χ1) is 11.9. The third-order valence-electron chi connectivity index (χ3n) is 4.11. The van der Waals surface area contributed by atoms with E-state index in [-0.39, 0.29) is 10.0 Å². The van der Waals surface area contributed by atoms with Gasteiger partial charge >= 0.3 is 0 Å². The molecule has 1 fully saturated rings. The van der Waals surface area contributed by atoms with Crippen LogP contribution >= 0.6 is 22.9 Å². The van der Waals surface area contributed by atoms with Crippen LogP contribution in [-0.4, -0.2) is 50.9 Å². The number of hydrogen-bond acceptors (Lipinski definition) is 5. The Labute approximate surface area is 155 Å². The van der Waals surface area contributed by atoms with Gasteiger partial charge in [0.05, 0.1) is 11.4 Å². The number of thiophene rings is 1. The van der Waals surface area contributed by atoms with E-state index in [4.69, 9.17) is 16.3 Å². The first-order valence-corrected chi connectivity index (χ1v) is 10.3. The van der Waals surface area contributed by atoms with Crippen LogP contribution in [0.15, 0.2) is 34.5 Å². The Balaban J connectivity index is 1.65. The van der Waals surface area contributed by atoms with Crippen molar-refractivity contribution in [2.24, 2.45) is 0 Å². The Bertz CT molecular complexity index is 849. The molecule has 5 nitrogen and oxygen atoms in total. The molecular weight excluding hydrogens is 387 g/mol. The van der Waals surface area contributed by atoms with Gasteiger partial charge in [-0.2, -0.15) is 4.31 Å². The second kappa shape index (κ2) is 7.59. The first-order valence-electron chi connectivity index (χ1n) is 7.70. The Hall–Kier alpha value is -1.19. The third-order valence-corrected chi connectivity index (χ3v) is 7.71. The highest BCUT2D eigenvalue weighted by atomic mass is 35.5. The van der Waals surface area contributed by atoms with E-state index in [0.29, 0.717) is 42.8 Å². The van der Waals surface area contributed by atoms with Crippen molar-refractivity contribution in [1.29, 1.82) is 0 Å². The summed E-state index contributed by atoms with van der Waals surface area (Å²) in [5.74, 6) is 0.316. The van der Waals surface area contributed by atoms with Crippen LogP contribution in [0.25, 0.3) is 0 Å². The van der Waals surface area contributed by atoms with Crippen molar-refractivity contribution in [2.45, 2.75) is 10.8 Å². The summed E-state index contributed by atoms with van der Waals surface area (Å²) in [4.78, 5) is 2.09. The van der Waals surface area contributed by atoms with Gasteiger partial charge in [0, 0.05) is 38.3 Å². The minimum absolute atomic E-state index is 0.262. The molecular formula is C16H18ClFN2O3S2. The predicted octanol–water partition coefficient (Wildman–Crippen LogP) is 3.06. The summed E-state index contributed by atoms with van der Waals surface area (Å²) in [6.45, 7) is 2.42. The van der Waals surface area contributed by atoms with Crippen molar-refractivity contribution in [3.63, 3.8) is 0 Å². The minimum Gasteiger partial charge on any atom is -0.496 e. The molecule has 0 radical (unpaired) electrons. The molecule has 0 unspecified atom stereocenters. The molecule has 25 heavy (non-hydrogen) atoms. The van der Waals surface area contributed by atoms with Gasteiger partial charge in [0.2, 0.25) is 0 Å². The maximum Gasteiger partial charge on any atom is 0.252 e. The van der Waals surface area contributed by atoms with E-state index < -0.39 is 10.0 Å². The van der Waals surface area contributed by atoms with Gasteiger partial charge in [0.15, 0.2) is 0 Å². The molecule has 136 valence electrons. The smallest absolute Gasteiger partial charge is 0.252 e. The van der Waals surface area contributed by atoms with Crippen molar-refractivity contribution in [2.75, 3.05) is 33.3 Å². The van der Waals surface area contributed by atoms with Crippen LogP contribution in [0.3, 0.4) is 0 Å². The number of halogens is 2. The molecule has 0 amide bonds. The van der Waals surface area contributed by atoms with Crippen LogP contribution in [0.4, 0.5) is 4.39 Å². The summed E-state index contributed by atoms with van der Waals surface area (Å²) in [6, 6.07) is 7.54. The zero-order valence-electron chi connectivity index (χ0n) is 13.6. The highest BCUT2D eigenvalue weighted by Gasteiger charge is 2.29. The molecule has 0 spiro atoms. The number of methoxy groups -OCH3 is 1. The number of benzene rings is 1. The van der Waals surface area contributed by atoms with Gasteiger partial charge < -0.3 is 4.74 Å². The average molecular weight is 405 g/mol. The Morgan fingerprint density at radius 1 is 1.20 bits per heavy atom. The normalized spacial score (nSPS) is 16.9. The lowest BCUT2D eigenvalue weighted by Crippen LogP contribution is -2.48. The molecule has 0 aliphatic carbocycles. The molecule has 0 bridgehead atoms. The molecule has 1 aliphatic heterocycles. The molecule has 3 rings (SSSR count). The summed E-state index contributed by atoms with van der Waals surface area (Å²) in [5.41, 5.74) is 0.754. The molecule has 2 heterocycles. The minimum atomic E-state index is -3.50. The zero-order valence-corrected chi connectivity index (χ0v) is 16.0. The number of piperazine rings is 1. The van der Waals surface area contributed by atoms with E-state index in [2.05, 4.69) is 4.90 Å².